The Bertz CT molecular complexity index is 691. The number of guanidine groups is 1. The van der Waals surface area contributed by atoms with Crippen LogP contribution in [0.3, 0.4) is 0 Å². The van der Waals surface area contributed by atoms with Gasteiger partial charge in [-0.1, -0.05) is 31.4 Å². The summed E-state index contributed by atoms with van der Waals surface area (Å²) in [6, 6.07) is 0.740. The molecular formula is C24H40IN5O2. The second kappa shape index (κ2) is 11.8. The first-order valence-electron chi connectivity index (χ1n) is 12.4. The van der Waals surface area contributed by atoms with Gasteiger partial charge < -0.3 is 15.5 Å². The molecule has 0 radical (unpaired) electrons. The van der Waals surface area contributed by atoms with Crippen molar-refractivity contribution in [3.8, 4) is 0 Å². The van der Waals surface area contributed by atoms with E-state index in [2.05, 4.69) is 34.7 Å². The van der Waals surface area contributed by atoms with Crippen molar-refractivity contribution < 1.29 is 9.59 Å². The van der Waals surface area contributed by atoms with E-state index in [4.69, 9.17) is 4.99 Å². The van der Waals surface area contributed by atoms with Gasteiger partial charge in [0.15, 0.2) is 5.96 Å². The molecule has 32 heavy (non-hydrogen) atoms. The van der Waals surface area contributed by atoms with Gasteiger partial charge in [0.2, 0.25) is 11.8 Å². The number of carbonyl (C=O) groups is 2. The van der Waals surface area contributed by atoms with Gasteiger partial charge in [0.05, 0.1) is 11.8 Å². The number of nitrogens with one attached hydrogen (secondary N) is 2. The van der Waals surface area contributed by atoms with Crippen LogP contribution in [0.1, 0.15) is 51.9 Å². The second-order valence-electron chi connectivity index (χ2n) is 9.64. The summed E-state index contributed by atoms with van der Waals surface area (Å²) in [7, 11) is 2.24. The molecule has 0 aromatic heterocycles. The van der Waals surface area contributed by atoms with Crippen molar-refractivity contribution in [3.05, 3.63) is 12.2 Å². The number of halogens is 1. The number of rotatable bonds is 9. The van der Waals surface area contributed by atoms with E-state index in [0.29, 0.717) is 13.1 Å². The van der Waals surface area contributed by atoms with E-state index in [9.17, 15) is 9.59 Å². The first-order chi connectivity index (χ1) is 15.1. The molecule has 0 aromatic carbocycles. The van der Waals surface area contributed by atoms with Crippen molar-refractivity contribution in [1.82, 2.24) is 20.4 Å². The van der Waals surface area contributed by atoms with E-state index < -0.39 is 0 Å². The Morgan fingerprint density at radius 3 is 2.38 bits per heavy atom. The molecule has 7 nitrogen and oxygen atoms in total. The van der Waals surface area contributed by atoms with E-state index in [0.717, 1.165) is 44.5 Å². The SMILES string of the molecule is CCNC(=NCCCN(C)C1CCCCC1)NCCN1C(=O)C2C3C=CC(C3)C2C1=O.I. The molecule has 0 aromatic rings. The summed E-state index contributed by atoms with van der Waals surface area (Å²) in [6.07, 6.45) is 13.1. The average molecular weight is 558 g/mol. The molecule has 0 spiro atoms. The number of amides is 2. The Morgan fingerprint density at radius 2 is 1.75 bits per heavy atom. The number of fused-ring (bicyclic) bond motifs is 5. The highest BCUT2D eigenvalue weighted by molar-refractivity contribution is 14.0. The summed E-state index contributed by atoms with van der Waals surface area (Å²) in [5.74, 6) is 1.16. The maximum Gasteiger partial charge on any atom is 0.233 e. The van der Waals surface area contributed by atoms with E-state index in [1.807, 2.05) is 6.92 Å². The summed E-state index contributed by atoms with van der Waals surface area (Å²) in [4.78, 5) is 34.2. The maximum atomic E-state index is 12.8. The normalized spacial score (nSPS) is 29.6. The molecule has 2 saturated carbocycles. The van der Waals surface area contributed by atoms with Gasteiger partial charge in [-0.15, -0.1) is 24.0 Å². The highest BCUT2D eigenvalue weighted by Gasteiger charge is 2.58. The molecule has 2 amide bonds. The van der Waals surface area contributed by atoms with Crippen LogP contribution in [0.15, 0.2) is 17.1 Å². The Labute approximate surface area is 209 Å². The fraction of sp³-hybridized carbons (Fsp3) is 0.792. The highest BCUT2D eigenvalue weighted by atomic mass is 127. The molecule has 1 heterocycles. The Balaban J connectivity index is 0.00000289. The van der Waals surface area contributed by atoms with Crippen LogP contribution < -0.4 is 10.6 Å². The summed E-state index contributed by atoms with van der Waals surface area (Å²) in [5.41, 5.74) is 0. The minimum absolute atomic E-state index is 0. The topological polar surface area (TPSA) is 77.0 Å². The van der Waals surface area contributed by atoms with Crippen LogP contribution in [0.25, 0.3) is 0 Å². The lowest BCUT2D eigenvalue weighted by Gasteiger charge is -2.31. The lowest BCUT2D eigenvalue weighted by molar-refractivity contribution is -0.140. The van der Waals surface area contributed by atoms with Gasteiger partial charge in [0.1, 0.15) is 0 Å². The molecule has 3 aliphatic carbocycles. The zero-order valence-electron chi connectivity index (χ0n) is 19.6. The van der Waals surface area contributed by atoms with Gasteiger partial charge in [-0.05, 0) is 58.0 Å². The molecule has 1 saturated heterocycles. The third-order valence-corrected chi connectivity index (χ3v) is 7.67. The number of imide groups is 1. The number of allylic oxidation sites excluding steroid dienone is 2. The number of carbonyl (C=O) groups excluding carboxylic acids is 2. The number of hydrogen-bond donors (Lipinski definition) is 2. The summed E-state index contributed by atoms with van der Waals surface area (Å²) >= 11 is 0. The highest BCUT2D eigenvalue weighted by Crippen LogP contribution is 2.52. The van der Waals surface area contributed by atoms with Crippen molar-refractivity contribution in [2.75, 3.05) is 39.8 Å². The molecule has 3 fully saturated rings. The Kier molecular flexibility index (Phi) is 9.40. The van der Waals surface area contributed by atoms with E-state index in [1.54, 1.807) is 0 Å². The van der Waals surface area contributed by atoms with Crippen molar-refractivity contribution >= 4 is 41.8 Å². The fourth-order valence-corrected chi connectivity index (χ4v) is 6.03. The molecular weight excluding hydrogens is 517 g/mol. The Hall–Kier alpha value is -1.16. The summed E-state index contributed by atoms with van der Waals surface area (Å²) < 4.78 is 0. The van der Waals surface area contributed by atoms with Crippen LogP contribution in [-0.4, -0.2) is 73.4 Å². The van der Waals surface area contributed by atoms with Gasteiger partial charge in [-0.2, -0.15) is 0 Å². The first-order valence-corrected chi connectivity index (χ1v) is 12.4. The van der Waals surface area contributed by atoms with E-state index in [-0.39, 0.29) is 59.5 Å². The second-order valence-corrected chi connectivity index (χ2v) is 9.64. The first kappa shape index (κ1) is 25.5. The third kappa shape index (κ3) is 5.48. The summed E-state index contributed by atoms with van der Waals surface area (Å²) in [5, 5.41) is 6.58. The van der Waals surface area contributed by atoms with Crippen LogP contribution in [0, 0.1) is 23.7 Å². The van der Waals surface area contributed by atoms with Crippen LogP contribution in [0.4, 0.5) is 0 Å². The lowest BCUT2D eigenvalue weighted by Crippen LogP contribution is -2.43. The van der Waals surface area contributed by atoms with Crippen LogP contribution in [0.5, 0.6) is 0 Å². The van der Waals surface area contributed by atoms with Gasteiger partial charge >= 0.3 is 0 Å². The third-order valence-electron chi connectivity index (χ3n) is 7.67. The molecule has 4 aliphatic rings. The minimum Gasteiger partial charge on any atom is -0.357 e. The number of aliphatic imine (C=N–C) groups is 1. The maximum absolute atomic E-state index is 12.8. The minimum atomic E-state index is -0.106. The predicted molar refractivity (Wildman–Crippen MR) is 138 cm³/mol. The molecule has 4 rings (SSSR count). The summed E-state index contributed by atoms with van der Waals surface area (Å²) in [6.45, 7) is 5.63. The van der Waals surface area contributed by atoms with Gasteiger partial charge in [0, 0.05) is 32.2 Å². The molecule has 1 aliphatic heterocycles. The number of hydrogen-bond acceptors (Lipinski definition) is 4. The lowest BCUT2D eigenvalue weighted by atomic mass is 9.85. The van der Waals surface area contributed by atoms with Crippen molar-refractivity contribution in [3.63, 3.8) is 0 Å². The van der Waals surface area contributed by atoms with Gasteiger partial charge in [-0.3, -0.25) is 19.5 Å². The molecule has 4 unspecified atom stereocenters. The zero-order chi connectivity index (χ0) is 21.8. The van der Waals surface area contributed by atoms with Gasteiger partial charge in [0.25, 0.3) is 0 Å². The Morgan fingerprint density at radius 1 is 1.09 bits per heavy atom. The van der Waals surface area contributed by atoms with E-state index in [1.165, 1.54) is 37.0 Å². The number of likely N-dealkylation sites (tertiary alicyclic amines) is 1. The predicted octanol–water partition coefficient (Wildman–Crippen LogP) is 2.62. The number of nitrogens with zero attached hydrogens (tertiary/aromatic N) is 3. The average Bonchev–Trinajstić information content (AvgIpc) is 3.46. The van der Waals surface area contributed by atoms with Crippen molar-refractivity contribution in [1.29, 1.82) is 0 Å². The van der Waals surface area contributed by atoms with E-state index >= 15 is 0 Å². The molecule has 8 heteroatoms. The van der Waals surface area contributed by atoms with Crippen molar-refractivity contribution in [2.45, 2.75) is 57.9 Å². The smallest absolute Gasteiger partial charge is 0.233 e. The van der Waals surface area contributed by atoms with Crippen molar-refractivity contribution in [2.24, 2.45) is 28.7 Å². The van der Waals surface area contributed by atoms with Crippen LogP contribution in [0.2, 0.25) is 0 Å². The fourth-order valence-electron chi connectivity index (χ4n) is 6.03. The molecule has 4 atom stereocenters. The van der Waals surface area contributed by atoms with Crippen LogP contribution in [-0.2, 0) is 9.59 Å². The zero-order valence-corrected chi connectivity index (χ0v) is 21.9. The van der Waals surface area contributed by atoms with Gasteiger partial charge in [-0.25, -0.2) is 0 Å². The standard InChI is InChI=1S/C24H39N5O2.HI/c1-3-25-24(26-12-7-14-28(2)19-8-5-4-6-9-19)27-13-15-29-22(30)20-17-10-11-18(16-17)21(20)23(29)31;/h10-11,17-21H,3-9,12-16H2,1-2H3,(H2,25,26,27);1H. The molecule has 2 bridgehead atoms. The molecule has 2 N–H and O–H groups in total. The largest absolute Gasteiger partial charge is 0.357 e. The monoisotopic (exact) mass is 557 g/mol. The van der Waals surface area contributed by atoms with Crippen LogP contribution >= 0.6 is 24.0 Å². The quantitative estimate of drug-likeness (QED) is 0.114. The molecule has 180 valence electrons.